The fraction of sp³-hybridized carbons (Fsp3) is 0.100. The highest BCUT2D eigenvalue weighted by molar-refractivity contribution is 6.43. The second-order valence-electron chi connectivity index (χ2n) is 2.82. The summed E-state index contributed by atoms with van der Waals surface area (Å²) >= 11 is 5.37. The molecule has 0 atom stereocenters. The lowest BCUT2D eigenvalue weighted by Crippen LogP contribution is -2.11. The fourth-order valence-corrected chi connectivity index (χ4v) is 0.966. The summed E-state index contributed by atoms with van der Waals surface area (Å²) in [6, 6.07) is 4.12. The van der Waals surface area contributed by atoms with E-state index >= 15 is 0 Å². The van der Waals surface area contributed by atoms with Crippen molar-refractivity contribution in [3.63, 3.8) is 0 Å². The highest BCUT2D eigenvalue weighted by Crippen LogP contribution is 2.16. The molecule has 1 aromatic rings. The summed E-state index contributed by atoms with van der Waals surface area (Å²) < 4.78 is 12.8. The summed E-state index contributed by atoms with van der Waals surface area (Å²) in [5.41, 5.74) is 1.16. The lowest BCUT2D eigenvalue weighted by atomic mass is 10.2. The molecule has 4 heteroatoms. The topological polar surface area (TPSA) is 29.1 Å². The van der Waals surface area contributed by atoms with Gasteiger partial charge in [0.25, 0.3) is 5.91 Å². The van der Waals surface area contributed by atoms with Crippen LogP contribution in [0.4, 0.5) is 10.1 Å². The largest absolute Gasteiger partial charge is 0.321 e. The molecule has 1 aromatic carbocycles. The van der Waals surface area contributed by atoms with Crippen molar-refractivity contribution in [3.8, 4) is 0 Å². The van der Waals surface area contributed by atoms with Gasteiger partial charge in [0, 0.05) is 5.69 Å². The molecule has 0 bridgehead atoms. The van der Waals surface area contributed by atoms with Gasteiger partial charge in [0.05, 0.1) is 5.03 Å². The van der Waals surface area contributed by atoms with Crippen molar-refractivity contribution in [2.24, 2.45) is 0 Å². The Kier molecular flexibility index (Phi) is 3.25. The SMILES string of the molecule is C=C(Cl)C(=O)Nc1cc(F)ccc1C. The molecule has 0 radical (unpaired) electrons. The second-order valence-corrected chi connectivity index (χ2v) is 3.27. The van der Waals surface area contributed by atoms with Crippen molar-refractivity contribution in [2.45, 2.75) is 6.92 Å². The number of benzene rings is 1. The van der Waals surface area contributed by atoms with E-state index in [1.165, 1.54) is 12.1 Å². The molecule has 1 N–H and O–H groups in total. The van der Waals surface area contributed by atoms with Crippen molar-refractivity contribution < 1.29 is 9.18 Å². The van der Waals surface area contributed by atoms with Crippen LogP contribution in [0.1, 0.15) is 5.56 Å². The molecule has 0 heterocycles. The van der Waals surface area contributed by atoms with Crippen LogP contribution in [0.2, 0.25) is 0 Å². The number of carbonyl (C=O) groups excluding carboxylic acids is 1. The molecule has 0 aromatic heterocycles. The van der Waals surface area contributed by atoms with Crippen LogP contribution in [0.15, 0.2) is 29.8 Å². The van der Waals surface area contributed by atoms with Gasteiger partial charge >= 0.3 is 0 Å². The average molecular weight is 214 g/mol. The van der Waals surface area contributed by atoms with Gasteiger partial charge in [-0.15, -0.1) is 0 Å². The van der Waals surface area contributed by atoms with Crippen LogP contribution in [0.25, 0.3) is 0 Å². The molecule has 0 saturated carbocycles. The molecule has 14 heavy (non-hydrogen) atoms. The Labute approximate surface area is 86.4 Å². The lowest BCUT2D eigenvalue weighted by molar-refractivity contribution is -0.112. The summed E-state index contributed by atoms with van der Waals surface area (Å²) in [6.45, 7) is 5.02. The first-order valence-corrected chi connectivity index (χ1v) is 4.30. The zero-order chi connectivity index (χ0) is 10.7. The van der Waals surface area contributed by atoms with Gasteiger partial charge < -0.3 is 5.32 Å². The van der Waals surface area contributed by atoms with Crippen LogP contribution in [0.5, 0.6) is 0 Å². The zero-order valence-electron chi connectivity index (χ0n) is 7.60. The Morgan fingerprint density at radius 1 is 1.57 bits per heavy atom. The van der Waals surface area contributed by atoms with Gasteiger partial charge in [-0.25, -0.2) is 4.39 Å². The van der Waals surface area contributed by atoms with Crippen LogP contribution in [0, 0.1) is 12.7 Å². The molecule has 0 aliphatic carbocycles. The molecule has 0 unspecified atom stereocenters. The van der Waals surface area contributed by atoms with Crippen molar-refractivity contribution in [1.82, 2.24) is 0 Å². The smallest absolute Gasteiger partial charge is 0.266 e. The maximum atomic E-state index is 12.8. The third-order valence-corrected chi connectivity index (χ3v) is 1.87. The van der Waals surface area contributed by atoms with Gasteiger partial charge in [0.2, 0.25) is 0 Å². The molecule has 1 rings (SSSR count). The molecule has 2 nitrogen and oxygen atoms in total. The van der Waals surface area contributed by atoms with Gasteiger partial charge in [-0.1, -0.05) is 24.2 Å². The summed E-state index contributed by atoms with van der Waals surface area (Å²) in [6.07, 6.45) is 0. The predicted octanol–water partition coefficient (Wildman–Crippen LogP) is 2.83. The van der Waals surface area contributed by atoms with Crippen molar-refractivity contribution in [1.29, 1.82) is 0 Å². The Balaban J connectivity index is 2.91. The zero-order valence-corrected chi connectivity index (χ0v) is 8.36. The molecule has 1 amide bonds. The number of aryl methyl sites for hydroxylation is 1. The highest BCUT2D eigenvalue weighted by atomic mass is 35.5. The average Bonchev–Trinajstić information content (AvgIpc) is 2.11. The summed E-state index contributed by atoms with van der Waals surface area (Å²) in [5, 5.41) is 2.31. The third kappa shape index (κ3) is 2.57. The van der Waals surface area contributed by atoms with Gasteiger partial charge in [0.15, 0.2) is 0 Å². The summed E-state index contributed by atoms with van der Waals surface area (Å²) in [5.74, 6) is -0.938. The number of halogens is 2. The first-order valence-electron chi connectivity index (χ1n) is 3.92. The normalized spacial score (nSPS) is 9.64. The van der Waals surface area contributed by atoms with Crippen LogP contribution in [0.3, 0.4) is 0 Å². The Hall–Kier alpha value is -1.35. The van der Waals surface area contributed by atoms with E-state index < -0.39 is 11.7 Å². The van der Waals surface area contributed by atoms with Gasteiger partial charge in [-0.2, -0.15) is 0 Å². The quantitative estimate of drug-likeness (QED) is 0.752. The van der Waals surface area contributed by atoms with Crippen LogP contribution >= 0.6 is 11.6 Å². The molecule has 0 aliphatic rings. The minimum atomic E-state index is -0.527. The van der Waals surface area contributed by atoms with Crippen LogP contribution < -0.4 is 5.32 Å². The molecule has 74 valence electrons. The first kappa shape index (κ1) is 10.7. The van der Waals surface area contributed by atoms with E-state index in [9.17, 15) is 9.18 Å². The first-order chi connectivity index (χ1) is 6.50. The van der Waals surface area contributed by atoms with E-state index in [0.717, 1.165) is 5.56 Å². The molecule has 0 aliphatic heterocycles. The maximum Gasteiger partial charge on any atom is 0.266 e. The number of hydrogen-bond acceptors (Lipinski definition) is 1. The van der Waals surface area contributed by atoms with Gasteiger partial charge in [-0.3, -0.25) is 4.79 Å². The number of nitrogens with one attached hydrogen (secondary N) is 1. The Morgan fingerprint density at radius 3 is 2.79 bits per heavy atom. The van der Waals surface area contributed by atoms with Gasteiger partial charge in [0.1, 0.15) is 5.82 Å². The number of anilines is 1. The van der Waals surface area contributed by atoms with E-state index in [0.29, 0.717) is 5.69 Å². The van der Waals surface area contributed by atoms with Crippen LogP contribution in [-0.2, 0) is 4.79 Å². The van der Waals surface area contributed by atoms with Crippen molar-refractivity contribution >= 4 is 23.2 Å². The standard InChI is InChI=1S/C10H9ClFNO/c1-6-3-4-8(12)5-9(6)13-10(14)7(2)11/h3-5H,2H2,1H3,(H,13,14). The minimum absolute atomic E-state index is 0.131. The van der Waals surface area contributed by atoms with Crippen molar-refractivity contribution in [3.05, 3.63) is 41.2 Å². The minimum Gasteiger partial charge on any atom is -0.321 e. The Morgan fingerprint density at radius 2 is 2.21 bits per heavy atom. The second kappa shape index (κ2) is 4.24. The van der Waals surface area contributed by atoms with Crippen molar-refractivity contribution in [2.75, 3.05) is 5.32 Å². The molecular weight excluding hydrogens is 205 g/mol. The number of carbonyl (C=O) groups is 1. The van der Waals surface area contributed by atoms with Gasteiger partial charge in [-0.05, 0) is 24.6 Å². The fourth-order valence-electron chi connectivity index (χ4n) is 0.919. The lowest BCUT2D eigenvalue weighted by Gasteiger charge is -2.06. The number of hydrogen-bond donors (Lipinski definition) is 1. The monoisotopic (exact) mass is 213 g/mol. The maximum absolute atomic E-state index is 12.8. The van der Waals surface area contributed by atoms with E-state index in [1.54, 1.807) is 13.0 Å². The highest BCUT2D eigenvalue weighted by Gasteiger charge is 2.06. The third-order valence-electron chi connectivity index (χ3n) is 1.69. The summed E-state index contributed by atoms with van der Waals surface area (Å²) in [4.78, 5) is 11.1. The predicted molar refractivity (Wildman–Crippen MR) is 54.8 cm³/mol. The van der Waals surface area contributed by atoms with E-state index in [4.69, 9.17) is 11.6 Å². The van der Waals surface area contributed by atoms with E-state index in [2.05, 4.69) is 11.9 Å². The molecule has 0 spiro atoms. The number of amides is 1. The summed E-state index contributed by atoms with van der Waals surface area (Å²) in [7, 11) is 0. The molecule has 0 fully saturated rings. The van der Waals surface area contributed by atoms with E-state index in [-0.39, 0.29) is 5.03 Å². The molecular formula is C10H9ClFNO. The number of rotatable bonds is 2. The van der Waals surface area contributed by atoms with Crippen LogP contribution in [-0.4, -0.2) is 5.91 Å². The Bertz CT molecular complexity index is 390. The van der Waals surface area contributed by atoms with E-state index in [1.807, 2.05) is 0 Å². The molecule has 0 saturated heterocycles.